The average molecular weight is 412 g/mol. The second-order valence-corrected chi connectivity index (χ2v) is 9.70. The zero-order valence-corrected chi connectivity index (χ0v) is 18.3. The average Bonchev–Trinajstić information content (AvgIpc) is 3.37. The van der Waals surface area contributed by atoms with Crippen LogP contribution in [0.3, 0.4) is 0 Å². The Hall–Kier alpha value is -2.30. The van der Waals surface area contributed by atoms with Crippen molar-refractivity contribution >= 4 is 12.1 Å². The molecule has 2 aliphatic heterocycles. The normalized spacial score (nSPS) is 31.6. The molecule has 0 spiro atoms. The van der Waals surface area contributed by atoms with Crippen molar-refractivity contribution in [2.45, 2.75) is 76.5 Å². The van der Waals surface area contributed by atoms with Crippen LogP contribution in [0.5, 0.6) is 0 Å². The first kappa shape index (κ1) is 21.0. The van der Waals surface area contributed by atoms with E-state index in [2.05, 4.69) is 45.0 Å². The van der Waals surface area contributed by atoms with Gasteiger partial charge >= 0.3 is 12.1 Å². The Balaban J connectivity index is 1.50. The Morgan fingerprint density at radius 2 is 1.93 bits per heavy atom. The summed E-state index contributed by atoms with van der Waals surface area (Å²) in [7, 11) is 0. The van der Waals surface area contributed by atoms with Crippen LogP contribution >= 0.6 is 0 Å². The SMILES string of the molecule is C[C@@H]1CC[C@@H](C(C)(C)c2ccccc2)[C@H](OC(=O)N2CCC[C@@H]2[C@H]2C=CC(=O)O2)C1. The van der Waals surface area contributed by atoms with E-state index in [4.69, 9.17) is 9.47 Å². The number of benzene rings is 1. The van der Waals surface area contributed by atoms with E-state index in [1.165, 1.54) is 11.6 Å². The number of likely N-dealkylation sites (tertiary alicyclic amines) is 1. The number of rotatable bonds is 4. The third-order valence-electron chi connectivity index (χ3n) is 7.34. The summed E-state index contributed by atoms with van der Waals surface area (Å²) in [5, 5.41) is 0. The highest BCUT2D eigenvalue weighted by atomic mass is 16.6. The highest BCUT2D eigenvalue weighted by Gasteiger charge is 2.44. The molecule has 3 aliphatic rings. The minimum Gasteiger partial charge on any atom is -0.453 e. The number of carbonyl (C=O) groups excluding carboxylic acids is 2. The largest absolute Gasteiger partial charge is 0.453 e. The lowest BCUT2D eigenvalue weighted by Crippen LogP contribution is -2.48. The van der Waals surface area contributed by atoms with Crippen molar-refractivity contribution in [2.24, 2.45) is 11.8 Å². The Morgan fingerprint density at radius 3 is 2.63 bits per heavy atom. The van der Waals surface area contributed by atoms with Crippen molar-refractivity contribution in [3.8, 4) is 0 Å². The van der Waals surface area contributed by atoms with Crippen molar-refractivity contribution in [3.05, 3.63) is 48.0 Å². The fourth-order valence-electron chi connectivity index (χ4n) is 5.52. The Labute approximate surface area is 179 Å². The van der Waals surface area contributed by atoms with Gasteiger partial charge in [-0.1, -0.05) is 57.5 Å². The lowest BCUT2D eigenvalue weighted by atomic mass is 9.64. The molecular weight excluding hydrogens is 378 g/mol. The summed E-state index contributed by atoms with van der Waals surface area (Å²) < 4.78 is 11.6. The summed E-state index contributed by atoms with van der Waals surface area (Å²) in [6.45, 7) is 7.44. The zero-order chi connectivity index (χ0) is 21.3. The second-order valence-electron chi connectivity index (χ2n) is 9.70. The van der Waals surface area contributed by atoms with Gasteiger partial charge < -0.3 is 14.4 Å². The van der Waals surface area contributed by atoms with Crippen molar-refractivity contribution < 1.29 is 19.1 Å². The van der Waals surface area contributed by atoms with Gasteiger partial charge in [-0.15, -0.1) is 0 Å². The number of esters is 1. The van der Waals surface area contributed by atoms with E-state index in [1.54, 1.807) is 11.0 Å². The molecule has 0 bridgehead atoms. The van der Waals surface area contributed by atoms with Gasteiger partial charge in [0, 0.05) is 18.5 Å². The third-order valence-corrected chi connectivity index (χ3v) is 7.34. The molecule has 2 fully saturated rings. The molecular formula is C25H33NO4. The van der Waals surface area contributed by atoms with Crippen LogP contribution in [0.2, 0.25) is 0 Å². The number of amides is 1. The first-order chi connectivity index (χ1) is 14.4. The standard InChI is InChI=1S/C25H33NO4/c1-17-11-12-19(25(2,3)18-8-5-4-6-9-18)22(16-17)30-24(28)26-15-7-10-20(26)21-13-14-23(27)29-21/h4-6,8-9,13-14,17,19-22H,7,10-12,15-16H2,1-3H3/t17-,19-,20-,21-,22-/m1/s1. The summed E-state index contributed by atoms with van der Waals surface area (Å²) in [4.78, 5) is 26.5. The summed E-state index contributed by atoms with van der Waals surface area (Å²) in [5.41, 5.74) is 1.20. The molecule has 4 rings (SSSR count). The fourth-order valence-corrected chi connectivity index (χ4v) is 5.52. The lowest BCUT2D eigenvalue weighted by molar-refractivity contribution is -0.140. The molecule has 30 heavy (non-hydrogen) atoms. The number of ether oxygens (including phenoxy) is 2. The van der Waals surface area contributed by atoms with Crippen molar-refractivity contribution in [1.29, 1.82) is 0 Å². The van der Waals surface area contributed by atoms with Gasteiger partial charge in [0.05, 0.1) is 6.04 Å². The number of hydrogen-bond donors (Lipinski definition) is 0. The summed E-state index contributed by atoms with van der Waals surface area (Å²) in [5.74, 6) is 0.482. The molecule has 162 valence electrons. The number of carbonyl (C=O) groups is 2. The maximum Gasteiger partial charge on any atom is 0.410 e. The van der Waals surface area contributed by atoms with Crippen molar-refractivity contribution in [2.75, 3.05) is 6.54 Å². The van der Waals surface area contributed by atoms with Crippen LogP contribution < -0.4 is 0 Å². The molecule has 1 saturated heterocycles. The van der Waals surface area contributed by atoms with Crippen molar-refractivity contribution in [1.82, 2.24) is 4.90 Å². The first-order valence-electron chi connectivity index (χ1n) is 11.3. The molecule has 0 N–H and O–H groups in total. The van der Waals surface area contributed by atoms with Crippen LogP contribution in [0, 0.1) is 11.8 Å². The smallest absolute Gasteiger partial charge is 0.410 e. The summed E-state index contributed by atoms with van der Waals surface area (Å²) in [6, 6.07) is 10.4. The predicted octanol–water partition coefficient (Wildman–Crippen LogP) is 4.85. The molecule has 1 saturated carbocycles. The van der Waals surface area contributed by atoms with Crippen LogP contribution in [-0.4, -0.2) is 41.8 Å². The van der Waals surface area contributed by atoms with E-state index in [-0.39, 0.29) is 41.6 Å². The maximum absolute atomic E-state index is 13.2. The molecule has 1 amide bonds. The second kappa shape index (κ2) is 8.44. The van der Waals surface area contributed by atoms with Crippen LogP contribution in [-0.2, 0) is 19.7 Å². The predicted molar refractivity (Wildman–Crippen MR) is 115 cm³/mol. The topological polar surface area (TPSA) is 55.8 Å². The Kier molecular flexibility index (Phi) is 5.90. The molecule has 1 aliphatic carbocycles. The van der Waals surface area contributed by atoms with Crippen molar-refractivity contribution in [3.63, 3.8) is 0 Å². The third kappa shape index (κ3) is 4.12. The van der Waals surface area contributed by atoms with Crippen LogP contribution in [0.25, 0.3) is 0 Å². The van der Waals surface area contributed by atoms with Gasteiger partial charge in [0.15, 0.2) is 0 Å². The van der Waals surface area contributed by atoms with Gasteiger partial charge in [-0.2, -0.15) is 0 Å². The van der Waals surface area contributed by atoms with Crippen LogP contribution in [0.1, 0.15) is 58.4 Å². The quantitative estimate of drug-likeness (QED) is 0.665. The number of cyclic esters (lactones) is 1. The minimum atomic E-state index is -0.352. The van der Waals surface area contributed by atoms with Gasteiger partial charge in [-0.25, -0.2) is 9.59 Å². The molecule has 0 aromatic heterocycles. The van der Waals surface area contributed by atoms with E-state index >= 15 is 0 Å². The Morgan fingerprint density at radius 1 is 1.17 bits per heavy atom. The van der Waals surface area contributed by atoms with Gasteiger partial charge in [-0.05, 0) is 48.7 Å². The maximum atomic E-state index is 13.2. The molecule has 5 atom stereocenters. The summed E-state index contributed by atoms with van der Waals surface area (Å²) >= 11 is 0. The van der Waals surface area contributed by atoms with Crippen LogP contribution in [0.15, 0.2) is 42.5 Å². The lowest BCUT2D eigenvalue weighted by Gasteiger charge is -2.44. The molecule has 5 nitrogen and oxygen atoms in total. The molecule has 1 aromatic carbocycles. The van der Waals surface area contributed by atoms with Gasteiger partial charge in [-0.3, -0.25) is 0 Å². The molecule has 2 heterocycles. The highest BCUT2D eigenvalue weighted by molar-refractivity contribution is 5.84. The molecule has 0 radical (unpaired) electrons. The first-order valence-corrected chi connectivity index (χ1v) is 11.3. The van der Waals surface area contributed by atoms with E-state index in [9.17, 15) is 9.59 Å². The van der Waals surface area contributed by atoms with E-state index in [0.29, 0.717) is 12.5 Å². The molecule has 5 heteroatoms. The Bertz CT molecular complexity index is 803. The van der Waals surface area contributed by atoms with Gasteiger partial charge in [0.25, 0.3) is 0 Å². The van der Waals surface area contributed by atoms with E-state index in [1.807, 2.05) is 6.07 Å². The minimum absolute atomic E-state index is 0.0829. The monoisotopic (exact) mass is 411 g/mol. The van der Waals surface area contributed by atoms with E-state index in [0.717, 1.165) is 32.1 Å². The zero-order valence-electron chi connectivity index (χ0n) is 18.3. The molecule has 0 unspecified atom stereocenters. The van der Waals surface area contributed by atoms with Gasteiger partial charge in [0.1, 0.15) is 12.2 Å². The fraction of sp³-hybridized carbons (Fsp3) is 0.600. The molecule has 1 aromatic rings. The summed E-state index contributed by atoms with van der Waals surface area (Å²) in [6.07, 6.45) is 7.33. The van der Waals surface area contributed by atoms with Gasteiger partial charge in [0.2, 0.25) is 0 Å². The van der Waals surface area contributed by atoms with Crippen LogP contribution in [0.4, 0.5) is 4.79 Å². The number of nitrogens with zero attached hydrogens (tertiary/aromatic N) is 1. The van der Waals surface area contributed by atoms with E-state index < -0.39 is 0 Å². The highest BCUT2D eigenvalue weighted by Crippen LogP contribution is 2.44. The number of hydrogen-bond acceptors (Lipinski definition) is 4.